The van der Waals surface area contributed by atoms with Gasteiger partial charge >= 0.3 is 0 Å². The molecular formula is C14H16ClN3. The van der Waals surface area contributed by atoms with Gasteiger partial charge in [-0.25, -0.2) is 4.98 Å². The number of aromatic nitrogens is 3. The van der Waals surface area contributed by atoms with Crippen molar-refractivity contribution >= 4 is 11.6 Å². The molecule has 2 aromatic rings. The summed E-state index contributed by atoms with van der Waals surface area (Å²) in [5, 5.41) is 4.96. The summed E-state index contributed by atoms with van der Waals surface area (Å²) >= 11 is 6.17. The van der Waals surface area contributed by atoms with E-state index in [4.69, 9.17) is 11.6 Å². The zero-order valence-corrected chi connectivity index (χ0v) is 11.4. The Balaban J connectivity index is 1.88. The Kier molecular flexibility index (Phi) is 2.67. The minimum Gasteiger partial charge on any atom is -0.272 e. The van der Waals surface area contributed by atoms with Crippen LogP contribution in [0.3, 0.4) is 0 Å². The van der Waals surface area contributed by atoms with Crippen molar-refractivity contribution in [2.24, 2.45) is 5.41 Å². The second kappa shape index (κ2) is 4.09. The molecule has 0 aliphatic heterocycles. The van der Waals surface area contributed by atoms with E-state index in [9.17, 15) is 0 Å². The molecule has 1 saturated carbocycles. The zero-order chi connectivity index (χ0) is 12.8. The van der Waals surface area contributed by atoms with Crippen LogP contribution in [-0.2, 0) is 6.54 Å². The Hall–Kier alpha value is -1.35. The summed E-state index contributed by atoms with van der Waals surface area (Å²) in [6.07, 6.45) is 6.52. The molecule has 1 aliphatic carbocycles. The average Bonchev–Trinajstić information content (AvgIpc) is 2.85. The van der Waals surface area contributed by atoms with Crippen LogP contribution in [0.25, 0.3) is 11.1 Å². The van der Waals surface area contributed by atoms with E-state index in [2.05, 4.69) is 23.2 Å². The van der Waals surface area contributed by atoms with Crippen LogP contribution in [0.2, 0.25) is 5.15 Å². The van der Waals surface area contributed by atoms with Crippen molar-refractivity contribution in [1.82, 2.24) is 14.8 Å². The molecule has 0 saturated heterocycles. The van der Waals surface area contributed by atoms with Gasteiger partial charge in [-0.05, 0) is 37.3 Å². The average molecular weight is 262 g/mol. The highest BCUT2D eigenvalue weighted by Gasteiger charge is 2.37. The number of rotatable bonds is 3. The first kappa shape index (κ1) is 11.7. The van der Waals surface area contributed by atoms with Crippen molar-refractivity contribution in [3.8, 4) is 11.1 Å². The molecule has 3 rings (SSSR count). The quantitative estimate of drug-likeness (QED) is 0.789. The fourth-order valence-electron chi connectivity index (χ4n) is 2.09. The smallest absolute Gasteiger partial charge is 0.137 e. The molecule has 2 aromatic heterocycles. The van der Waals surface area contributed by atoms with E-state index in [0.717, 1.165) is 23.4 Å². The largest absolute Gasteiger partial charge is 0.272 e. The second-order valence-corrected chi connectivity index (χ2v) is 5.89. The summed E-state index contributed by atoms with van der Waals surface area (Å²) in [5.41, 5.74) is 3.38. The van der Waals surface area contributed by atoms with Crippen molar-refractivity contribution in [2.75, 3.05) is 0 Å². The number of hydrogen-bond acceptors (Lipinski definition) is 2. The Labute approximate surface area is 112 Å². The van der Waals surface area contributed by atoms with Crippen LogP contribution in [0.4, 0.5) is 0 Å². The van der Waals surface area contributed by atoms with Crippen LogP contribution in [0.1, 0.15) is 25.5 Å². The topological polar surface area (TPSA) is 30.7 Å². The summed E-state index contributed by atoms with van der Waals surface area (Å²) < 4.78 is 2.01. The third-order valence-electron chi connectivity index (χ3n) is 3.58. The molecule has 18 heavy (non-hydrogen) atoms. The SMILES string of the molecule is Cc1ccc(-c2cnn(CC3(C)CC3)c2)c(Cl)n1. The molecule has 1 fully saturated rings. The maximum Gasteiger partial charge on any atom is 0.137 e. The molecule has 0 aromatic carbocycles. The fourth-order valence-corrected chi connectivity index (χ4v) is 2.40. The third kappa shape index (κ3) is 2.27. The minimum atomic E-state index is 0.457. The molecular weight excluding hydrogens is 246 g/mol. The van der Waals surface area contributed by atoms with E-state index < -0.39 is 0 Å². The summed E-state index contributed by atoms with van der Waals surface area (Å²) in [5.74, 6) is 0. The van der Waals surface area contributed by atoms with E-state index in [-0.39, 0.29) is 0 Å². The molecule has 0 atom stereocenters. The number of hydrogen-bond donors (Lipinski definition) is 0. The van der Waals surface area contributed by atoms with E-state index in [1.54, 1.807) is 0 Å². The number of pyridine rings is 1. The van der Waals surface area contributed by atoms with Crippen molar-refractivity contribution in [1.29, 1.82) is 0 Å². The van der Waals surface area contributed by atoms with Gasteiger partial charge in [0.2, 0.25) is 0 Å². The molecule has 3 nitrogen and oxygen atoms in total. The van der Waals surface area contributed by atoms with Gasteiger partial charge in [0.05, 0.1) is 6.20 Å². The summed E-state index contributed by atoms with van der Waals surface area (Å²) in [4.78, 5) is 4.27. The monoisotopic (exact) mass is 261 g/mol. The van der Waals surface area contributed by atoms with Gasteiger partial charge in [-0.1, -0.05) is 18.5 Å². The molecule has 0 N–H and O–H groups in total. The summed E-state index contributed by atoms with van der Waals surface area (Å²) in [6.45, 7) is 5.23. The van der Waals surface area contributed by atoms with Crippen LogP contribution < -0.4 is 0 Å². The standard InChI is InChI=1S/C14H16ClN3/c1-10-3-4-12(13(15)17-10)11-7-16-18(8-11)9-14(2)5-6-14/h3-4,7-8H,5-6,9H2,1-2H3. The first-order chi connectivity index (χ1) is 8.56. The van der Waals surface area contributed by atoms with E-state index in [0.29, 0.717) is 10.6 Å². The molecule has 0 bridgehead atoms. The second-order valence-electron chi connectivity index (χ2n) is 5.53. The number of halogens is 1. The predicted molar refractivity (Wildman–Crippen MR) is 72.5 cm³/mol. The molecule has 1 aliphatic rings. The van der Waals surface area contributed by atoms with Gasteiger partial charge in [0.25, 0.3) is 0 Å². The summed E-state index contributed by atoms with van der Waals surface area (Å²) in [7, 11) is 0. The molecule has 0 spiro atoms. The predicted octanol–water partition coefficient (Wildman–Crippen LogP) is 3.71. The lowest BCUT2D eigenvalue weighted by atomic mass is 10.1. The van der Waals surface area contributed by atoms with Crippen LogP contribution in [0.15, 0.2) is 24.5 Å². The van der Waals surface area contributed by atoms with Gasteiger partial charge < -0.3 is 0 Å². The van der Waals surface area contributed by atoms with Crippen molar-refractivity contribution < 1.29 is 0 Å². The normalized spacial score (nSPS) is 16.8. The lowest BCUT2D eigenvalue weighted by Gasteiger charge is -2.07. The van der Waals surface area contributed by atoms with E-state index >= 15 is 0 Å². The Morgan fingerprint density at radius 3 is 2.83 bits per heavy atom. The van der Waals surface area contributed by atoms with Crippen LogP contribution >= 0.6 is 11.6 Å². The first-order valence-electron chi connectivity index (χ1n) is 6.22. The lowest BCUT2D eigenvalue weighted by molar-refractivity contribution is 0.433. The zero-order valence-electron chi connectivity index (χ0n) is 10.7. The van der Waals surface area contributed by atoms with Crippen LogP contribution in [0.5, 0.6) is 0 Å². The Bertz CT molecular complexity index is 584. The van der Waals surface area contributed by atoms with Gasteiger partial charge in [0.1, 0.15) is 5.15 Å². The fraction of sp³-hybridized carbons (Fsp3) is 0.429. The van der Waals surface area contributed by atoms with Gasteiger partial charge in [-0.15, -0.1) is 0 Å². The van der Waals surface area contributed by atoms with E-state index in [1.165, 1.54) is 12.8 Å². The highest BCUT2D eigenvalue weighted by molar-refractivity contribution is 6.32. The van der Waals surface area contributed by atoms with Crippen molar-refractivity contribution in [3.05, 3.63) is 35.4 Å². The number of aryl methyl sites for hydroxylation is 1. The molecule has 0 radical (unpaired) electrons. The highest BCUT2D eigenvalue weighted by Crippen LogP contribution is 2.46. The van der Waals surface area contributed by atoms with Crippen LogP contribution in [-0.4, -0.2) is 14.8 Å². The van der Waals surface area contributed by atoms with Crippen molar-refractivity contribution in [3.63, 3.8) is 0 Å². The molecule has 94 valence electrons. The molecule has 0 amide bonds. The molecule has 2 heterocycles. The third-order valence-corrected chi connectivity index (χ3v) is 3.87. The van der Waals surface area contributed by atoms with Gasteiger partial charge in [-0.2, -0.15) is 5.10 Å². The van der Waals surface area contributed by atoms with E-state index in [1.807, 2.05) is 29.9 Å². The van der Waals surface area contributed by atoms with Crippen molar-refractivity contribution in [2.45, 2.75) is 33.2 Å². The maximum absolute atomic E-state index is 6.17. The summed E-state index contributed by atoms with van der Waals surface area (Å²) in [6, 6.07) is 3.98. The highest BCUT2D eigenvalue weighted by atomic mass is 35.5. The van der Waals surface area contributed by atoms with Gasteiger partial charge in [-0.3, -0.25) is 4.68 Å². The van der Waals surface area contributed by atoms with Gasteiger partial charge in [0, 0.05) is 29.6 Å². The number of nitrogens with zero attached hydrogens (tertiary/aromatic N) is 3. The molecule has 4 heteroatoms. The Morgan fingerprint density at radius 2 is 2.17 bits per heavy atom. The Morgan fingerprint density at radius 1 is 1.39 bits per heavy atom. The maximum atomic E-state index is 6.17. The van der Waals surface area contributed by atoms with Crippen LogP contribution in [0, 0.1) is 12.3 Å². The minimum absolute atomic E-state index is 0.457. The first-order valence-corrected chi connectivity index (χ1v) is 6.60. The van der Waals surface area contributed by atoms with Gasteiger partial charge in [0.15, 0.2) is 0 Å². The lowest BCUT2D eigenvalue weighted by Crippen LogP contribution is -2.07. The molecule has 0 unspecified atom stereocenters.